The molecule has 3 aliphatic rings. The highest BCUT2D eigenvalue weighted by Crippen LogP contribution is 2.69. The van der Waals surface area contributed by atoms with Crippen molar-refractivity contribution >= 4 is 17.3 Å². The van der Waals surface area contributed by atoms with Gasteiger partial charge in [0.05, 0.1) is 23.2 Å². The maximum absolute atomic E-state index is 15.6. The molecule has 0 unspecified atom stereocenters. The molecule has 0 radical (unpaired) electrons. The summed E-state index contributed by atoms with van der Waals surface area (Å²) in [5, 5.41) is 33.4. The largest absolute Gasteiger partial charge is 0.487 e. The number of rotatable bonds is 10. The first-order chi connectivity index (χ1) is 20.8. The Morgan fingerprint density at radius 2 is 1.64 bits per heavy atom. The van der Waals surface area contributed by atoms with Crippen LogP contribution in [0.5, 0.6) is 0 Å². The summed E-state index contributed by atoms with van der Waals surface area (Å²) in [6.45, 7) is 16.3. The van der Waals surface area contributed by atoms with Gasteiger partial charge in [0.15, 0.2) is 22.8 Å². The first kappa shape index (κ1) is 35.0. The number of allylic oxidation sites excluding steroid dienone is 5. The summed E-state index contributed by atoms with van der Waals surface area (Å²) < 4.78 is 6.60. The molecule has 1 aromatic rings. The molecule has 3 N–H and O–H groups in total. The summed E-state index contributed by atoms with van der Waals surface area (Å²) >= 11 is 0. The lowest BCUT2D eigenvalue weighted by atomic mass is 9.37. The van der Waals surface area contributed by atoms with Crippen LogP contribution in [0, 0.1) is 22.2 Å². The Balaban J connectivity index is 2.18. The predicted molar refractivity (Wildman–Crippen MR) is 174 cm³/mol. The number of hydrogen-bond donors (Lipinski definition) is 3. The summed E-state index contributed by atoms with van der Waals surface area (Å²) in [5.74, 6) is -1.82. The molecule has 0 saturated heterocycles. The molecule has 4 rings (SSSR count). The number of fused-ring (bicyclic) bond motifs is 3. The van der Waals surface area contributed by atoms with Gasteiger partial charge < -0.3 is 20.1 Å². The van der Waals surface area contributed by atoms with Crippen molar-refractivity contribution in [1.82, 2.24) is 0 Å². The summed E-state index contributed by atoms with van der Waals surface area (Å²) in [5.41, 5.74) is -4.87. The lowest BCUT2D eigenvalue weighted by Crippen LogP contribution is -2.71. The minimum atomic E-state index is -1.91. The third-order valence-corrected chi connectivity index (χ3v) is 10.8. The third kappa shape index (κ3) is 5.70. The Morgan fingerprint density at radius 1 is 1.04 bits per heavy atom. The highest BCUT2D eigenvalue weighted by molar-refractivity contribution is 6.30. The Bertz CT molecular complexity index is 1430. The predicted octanol–water partition coefficient (Wildman–Crippen LogP) is 6.46. The van der Waals surface area contributed by atoms with Crippen LogP contribution in [0.4, 0.5) is 0 Å². The molecule has 2 bridgehead atoms. The number of Topliss-reactive ketones (excluding diaryl/α,β-unsaturated/α-hetero) is 3. The summed E-state index contributed by atoms with van der Waals surface area (Å²) in [4.78, 5) is 45.8. The molecule has 6 atom stereocenters. The first-order valence-electron chi connectivity index (χ1n) is 16.2. The van der Waals surface area contributed by atoms with E-state index in [4.69, 9.17) is 4.74 Å². The maximum atomic E-state index is 15.6. The second-order valence-corrected chi connectivity index (χ2v) is 15.4. The van der Waals surface area contributed by atoms with E-state index < -0.39 is 57.0 Å². The molecule has 0 aromatic heterocycles. The summed E-state index contributed by atoms with van der Waals surface area (Å²) in [6, 6.07) is 8.68. The van der Waals surface area contributed by atoms with Crippen LogP contribution < -0.4 is 0 Å². The van der Waals surface area contributed by atoms with Crippen LogP contribution in [-0.2, 0) is 14.3 Å². The molecule has 246 valence electrons. The van der Waals surface area contributed by atoms with Crippen LogP contribution in [0.3, 0.4) is 0 Å². The monoisotopic (exact) mass is 620 g/mol. The lowest BCUT2D eigenvalue weighted by molar-refractivity contribution is -0.184. The number of carbonyl (C=O) groups excluding carboxylic acids is 3. The van der Waals surface area contributed by atoms with Gasteiger partial charge in [-0.3, -0.25) is 14.4 Å². The van der Waals surface area contributed by atoms with Crippen molar-refractivity contribution in [2.45, 2.75) is 124 Å². The Kier molecular flexibility index (Phi) is 9.37. The van der Waals surface area contributed by atoms with Gasteiger partial charge in [-0.25, -0.2) is 0 Å². The van der Waals surface area contributed by atoms with Gasteiger partial charge in [-0.15, -0.1) is 0 Å². The third-order valence-electron chi connectivity index (χ3n) is 10.8. The second-order valence-electron chi connectivity index (χ2n) is 15.4. The highest BCUT2D eigenvalue weighted by atomic mass is 16.5. The van der Waals surface area contributed by atoms with Crippen LogP contribution in [0.25, 0.3) is 0 Å². The fourth-order valence-electron chi connectivity index (χ4n) is 7.83. The van der Waals surface area contributed by atoms with Crippen molar-refractivity contribution in [3.63, 3.8) is 0 Å². The van der Waals surface area contributed by atoms with Crippen molar-refractivity contribution in [1.29, 1.82) is 0 Å². The molecular formula is C38H52O7. The van der Waals surface area contributed by atoms with E-state index in [1.54, 1.807) is 44.2 Å². The number of aliphatic hydroxyl groups is 3. The topological polar surface area (TPSA) is 121 Å². The van der Waals surface area contributed by atoms with E-state index in [0.29, 0.717) is 24.8 Å². The van der Waals surface area contributed by atoms with E-state index in [2.05, 4.69) is 12.2 Å². The van der Waals surface area contributed by atoms with E-state index >= 15 is 9.59 Å². The lowest BCUT2D eigenvalue weighted by Gasteiger charge is -2.63. The molecule has 7 nitrogen and oxygen atoms in total. The van der Waals surface area contributed by atoms with Gasteiger partial charge in [-0.1, -0.05) is 60.6 Å². The molecule has 2 aliphatic carbocycles. The van der Waals surface area contributed by atoms with E-state index in [1.807, 2.05) is 34.6 Å². The summed E-state index contributed by atoms with van der Waals surface area (Å²) in [7, 11) is 0. The number of aliphatic hydroxyl groups excluding tert-OH is 2. The molecule has 1 heterocycles. The van der Waals surface area contributed by atoms with Crippen molar-refractivity contribution in [2.75, 3.05) is 0 Å². The molecule has 0 amide bonds. The SMILES string of the molecule is CC(C)=CCC[C@]1(C)[C@@H](CC=C(C)C)C[C@]2(C[C@H](O)C(C)(C)O)C(=O)C3=C(OC(C)(C)[C@@H](O)C3)[C@@]1(C(=O)c1ccccc1)C2=O. The molecule has 1 saturated carbocycles. The normalized spacial score (nSPS) is 31.5. The van der Waals surface area contributed by atoms with Crippen LogP contribution in [-0.4, -0.2) is 56.1 Å². The average molecular weight is 621 g/mol. The highest BCUT2D eigenvalue weighted by Gasteiger charge is 2.77. The standard InChI is InChI=1S/C38H52O7/c1-23(2)14-13-19-36(9)26(18-17-24(3)4)21-37(22-29(40)34(5,6)44)31(42)27-20-28(39)35(7,8)45-32(27)38(36,33(37)43)30(41)25-15-11-10-12-16-25/h10-12,14-17,26,28-29,39-40,44H,13,18-22H2,1-9H3/t26-,28-,29-,36+,37-,38-/m0/s1. The average Bonchev–Trinajstić information content (AvgIpc) is 2.94. The molecule has 1 fully saturated rings. The zero-order chi connectivity index (χ0) is 33.8. The van der Waals surface area contributed by atoms with E-state index in [-0.39, 0.29) is 36.5 Å². The minimum absolute atomic E-state index is 0.0524. The zero-order valence-electron chi connectivity index (χ0n) is 28.5. The quantitative estimate of drug-likeness (QED) is 0.156. The van der Waals surface area contributed by atoms with Gasteiger partial charge >= 0.3 is 0 Å². The van der Waals surface area contributed by atoms with Crippen molar-refractivity contribution in [3.8, 4) is 0 Å². The van der Waals surface area contributed by atoms with E-state index in [9.17, 15) is 20.1 Å². The molecule has 45 heavy (non-hydrogen) atoms. The van der Waals surface area contributed by atoms with Crippen LogP contribution in [0.15, 0.2) is 65.0 Å². The Labute approximate surface area is 268 Å². The number of carbonyl (C=O) groups is 3. The van der Waals surface area contributed by atoms with Crippen molar-refractivity contribution < 1.29 is 34.4 Å². The van der Waals surface area contributed by atoms with Gasteiger partial charge in [-0.2, -0.15) is 0 Å². The first-order valence-corrected chi connectivity index (χ1v) is 16.2. The van der Waals surface area contributed by atoms with Gasteiger partial charge in [0, 0.05) is 17.6 Å². The van der Waals surface area contributed by atoms with Crippen LogP contribution in [0.1, 0.15) is 111 Å². The van der Waals surface area contributed by atoms with Crippen molar-refractivity contribution in [3.05, 3.63) is 70.5 Å². The fourth-order valence-corrected chi connectivity index (χ4v) is 7.83. The number of ketones is 3. The van der Waals surface area contributed by atoms with E-state index in [1.165, 1.54) is 13.8 Å². The van der Waals surface area contributed by atoms with Gasteiger partial charge in [0.1, 0.15) is 11.4 Å². The summed E-state index contributed by atoms with van der Waals surface area (Å²) in [6.07, 6.45) is 2.95. The molecule has 0 spiro atoms. The smallest absolute Gasteiger partial charge is 0.184 e. The maximum Gasteiger partial charge on any atom is 0.184 e. The second kappa shape index (κ2) is 12.1. The molecule has 1 aliphatic heterocycles. The zero-order valence-corrected chi connectivity index (χ0v) is 28.5. The fraction of sp³-hybridized carbons (Fsp3) is 0.605. The number of benzene rings is 1. The minimum Gasteiger partial charge on any atom is -0.487 e. The molecular weight excluding hydrogens is 568 g/mol. The molecule has 1 aromatic carbocycles. The number of ether oxygens (including phenoxy) is 1. The van der Waals surface area contributed by atoms with Gasteiger partial charge in [-0.05, 0) is 98.8 Å². The van der Waals surface area contributed by atoms with Gasteiger partial charge in [0.25, 0.3) is 0 Å². The van der Waals surface area contributed by atoms with Crippen LogP contribution >= 0.6 is 0 Å². The van der Waals surface area contributed by atoms with Crippen molar-refractivity contribution in [2.24, 2.45) is 22.2 Å². The van der Waals surface area contributed by atoms with E-state index in [0.717, 1.165) is 11.1 Å². The number of hydrogen-bond acceptors (Lipinski definition) is 7. The molecule has 7 heteroatoms. The van der Waals surface area contributed by atoms with Gasteiger partial charge in [0.2, 0.25) is 0 Å². The van der Waals surface area contributed by atoms with Crippen LogP contribution in [0.2, 0.25) is 0 Å². The Morgan fingerprint density at radius 3 is 2.20 bits per heavy atom. The Hall–Kier alpha value is -2.87.